The molecule has 0 fully saturated rings. The smallest absolute Gasteiger partial charge is 0.255 e. The van der Waals surface area contributed by atoms with Crippen molar-refractivity contribution in [3.63, 3.8) is 0 Å². The molecule has 0 atom stereocenters. The van der Waals surface area contributed by atoms with E-state index in [4.69, 9.17) is 10.5 Å². The minimum atomic E-state index is -0.389. The number of carbonyl (C=O) groups excluding carboxylic acids is 1. The maximum atomic E-state index is 12.0. The maximum Gasteiger partial charge on any atom is 0.255 e. The number of aryl methyl sites for hydroxylation is 1. The van der Waals surface area contributed by atoms with Gasteiger partial charge in [-0.25, -0.2) is 0 Å². The molecule has 104 valence electrons. The molecule has 0 radical (unpaired) electrons. The Balaban J connectivity index is 2.23. The van der Waals surface area contributed by atoms with Crippen LogP contribution < -0.4 is 21.3 Å². The predicted octanol–water partition coefficient (Wildman–Crippen LogP) is 1.23. The van der Waals surface area contributed by atoms with Gasteiger partial charge in [0.2, 0.25) is 0 Å². The van der Waals surface area contributed by atoms with Crippen molar-refractivity contribution >= 4 is 17.3 Å². The number of methoxy groups -OCH3 is 1. The van der Waals surface area contributed by atoms with Crippen LogP contribution in [-0.2, 0) is 7.05 Å². The van der Waals surface area contributed by atoms with E-state index in [1.54, 1.807) is 31.3 Å². The van der Waals surface area contributed by atoms with Gasteiger partial charge in [0.15, 0.2) is 0 Å². The molecule has 0 saturated heterocycles. The molecule has 0 unspecified atom stereocenters. The van der Waals surface area contributed by atoms with Gasteiger partial charge in [0.1, 0.15) is 5.75 Å². The van der Waals surface area contributed by atoms with Gasteiger partial charge in [0, 0.05) is 30.9 Å². The Hall–Kier alpha value is -2.76. The van der Waals surface area contributed by atoms with Crippen LogP contribution in [0.3, 0.4) is 0 Å². The van der Waals surface area contributed by atoms with Gasteiger partial charge in [-0.1, -0.05) is 0 Å². The highest BCUT2D eigenvalue weighted by molar-refractivity contribution is 6.05. The highest BCUT2D eigenvalue weighted by atomic mass is 16.5. The number of carbonyl (C=O) groups is 1. The first-order chi connectivity index (χ1) is 9.51. The van der Waals surface area contributed by atoms with Gasteiger partial charge in [-0.05, 0) is 18.2 Å². The number of hydrogen-bond donors (Lipinski definition) is 2. The van der Waals surface area contributed by atoms with E-state index >= 15 is 0 Å². The number of aromatic nitrogens is 1. The second kappa shape index (κ2) is 5.48. The summed E-state index contributed by atoms with van der Waals surface area (Å²) in [6.45, 7) is 0. The number of ether oxygens (including phenoxy) is 1. The average Bonchev–Trinajstić information content (AvgIpc) is 2.43. The zero-order chi connectivity index (χ0) is 14.7. The van der Waals surface area contributed by atoms with E-state index in [1.807, 2.05) is 0 Å². The summed E-state index contributed by atoms with van der Waals surface area (Å²) in [4.78, 5) is 23.5. The van der Waals surface area contributed by atoms with Crippen LogP contribution >= 0.6 is 0 Å². The SMILES string of the molecule is COc1ccc(NC(=O)c2ccn(C)c(=O)c2)c(N)c1. The summed E-state index contributed by atoms with van der Waals surface area (Å²) >= 11 is 0. The van der Waals surface area contributed by atoms with Crippen LogP contribution in [-0.4, -0.2) is 17.6 Å². The largest absolute Gasteiger partial charge is 0.497 e. The molecule has 6 nitrogen and oxygen atoms in total. The second-order valence-corrected chi connectivity index (χ2v) is 4.27. The molecular formula is C14H15N3O3. The number of rotatable bonds is 3. The van der Waals surface area contributed by atoms with E-state index in [0.717, 1.165) is 0 Å². The van der Waals surface area contributed by atoms with Crippen LogP contribution in [0.1, 0.15) is 10.4 Å². The molecule has 3 N–H and O–H groups in total. The lowest BCUT2D eigenvalue weighted by Crippen LogP contribution is -2.20. The van der Waals surface area contributed by atoms with E-state index in [0.29, 0.717) is 17.1 Å². The minimum absolute atomic E-state index is 0.250. The predicted molar refractivity (Wildman–Crippen MR) is 77.0 cm³/mol. The number of nitrogens with one attached hydrogen (secondary N) is 1. The first kappa shape index (κ1) is 13.7. The third-order valence-corrected chi connectivity index (χ3v) is 2.87. The monoisotopic (exact) mass is 273 g/mol. The molecule has 6 heteroatoms. The summed E-state index contributed by atoms with van der Waals surface area (Å²) in [5.74, 6) is 0.216. The topological polar surface area (TPSA) is 86.3 Å². The first-order valence-electron chi connectivity index (χ1n) is 5.93. The highest BCUT2D eigenvalue weighted by Crippen LogP contribution is 2.24. The van der Waals surface area contributed by atoms with Crippen molar-refractivity contribution in [3.8, 4) is 5.75 Å². The Labute approximate surface area is 115 Å². The van der Waals surface area contributed by atoms with Crippen LogP contribution in [0, 0.1) is 0 Å². The Morgan fingerprint density at radius 3 is 2.65 bits per heavy atom. The summed E-state index contributed by atoms with van der Waals surface area (Å²) in [6, 6.07) is 7.79. The molecule has 1 heterocycles. The van der Waals surface area contributed by atoms with Crippen molar-refractivity contribution in [2.45, 2.75) is 0 Å². The molecule has 1 aromatic heterocycles. The Morgan fingerprint density at radius 2 is 2.05 bits per heavy atom. The van der Waals surface area contributed by atoms with Gasteiger partial charge in [0.25, 0.3) is 11.5 Å². The van der Waals surface area contributed by atoms with E-state index < -0.39 is 0 Å². The highest BCUT2D eigenvalue weighted by Gasteiger charge is 2.09. The van der Waals surface area contributed by atoms with E-state index in [-0.39, 0.29) is 17.0 Å². The Morgan fingerprint density at radius 1 is 1.30 bits per heavy atom. The van der Waals surface area contributed by atoms with Gasteiger partial charge in [0.05, 0.1) is 18.5 Å². The molecular weight excluding hydrogens is 258 g/mol. The summed E-state index contributed by atoms with van der Waals surface area (Å²) in [6.07, 6.45) is 1.54. The number of nitrogens with two attached hydrogens (primary N) is 1. The summed E-state index contributed by atoms with van der Waals surface area (Å²) in [5.41, 5.74) is 6.71. The second-order valence-electron chi connectivity index (χ2n) is 4.27. The van der Waals surface area contributed by atoms with Crippen LogP contribution in [0.25, 0.3) is 0 Å². The zero-order valence-corrected chi connectivity index (χ0v) is 11.2. The number of hydrogen-bond acceptors (Lipinski definition) is 4. The Kier molecular flexibility index (Phi) is 3.74. The molecule has 1 aromatic carbocycles. The van der Waals surface area contributed by atoms with Crippen molar-refractivity contribution in [1.29, 1.82) is 0 Å². The fourth-order valence-electron chi connectivity index (χ4n) is 1.67. The maximum absolute atomic E-state index is 12.0. The quantitative estimate of drug-likeness (QED) is 0.823. The molecule has 0 spiro atoms. The van der Waals surface area contributed by atoms with Gasteiger partial charge < -0.3 is 20.4 Å². The number of amides is 1. The van der Waals surface area contributed by atoms with Gasteiger partial charge in [-0.3, -0.25) is 9.59 Å². The van der Waals surface area contributed by atoms with Crippen LogP contribution in [0.5, 0.6) is 5.75 Å². The van der Waals surface area contributed by atoms with Gasteiger partial charge >= 0.3 is 0 Å². The van der Waals surface area contributed by atoms with Gasteiger partial charge in [-0.2, -0.15) is 0 Å². The van der Waals surface area contributed by atoms with Crippen molar-refractivity contribution in [2.75, 3.05) is 18.2 Å². The minimum Gasteiger partial charge on any atom is -0.497 e. The van der Waals surface area contributed by atoms with Crippen molar-refractivity contribution in [3.05, 3.63) is 52.4 Å². The standard InChI is InChI=1S/C14H15N3O3/c1-17-6-5-9(7-13(17)18)14(19)16-12-4-3-10(20-2)8-11(12)15/h3-8H,15H2,1-2H3,(H,16,19). The van der Waals surface area contributed by atoms with Crippen LogP contribution in [0.4, 0.5) is 11.4 Å². The number of nitrogen functional groups attached to an aromatic ring is 1. The number of benzene rings is 1. The molecule has 0 saturated carbocycles. The fraction of sp³-hybridized carbons (Fsp3) is 0.143. The molecule has 2 aromatic rings. The first-order valence-corrected chi connectivity index (χ1v) is 5.93. The number of anilines is 2. The molecule has 0 aliphatic rings. The molecule has 20 heavy (non-hydrogen) atoms. The third kappa shape index (κ3) is 2.80. The average molecular weight is 273 g/mol. The van der Waals surface area contributed by atoms with Crippen molar-refractivity contribution < 1.29 is 9.53 Å². The number of nitrogens with zero attached hydrogens (tertiary/aromatic N) is 1. The number of pyridine rings is 1. The summed E-state index contributed by atoms with van der Waals surface area (Å²) in [7, 11) is 3.15. The molecule has 0 bridgehead atoms. The third-order valence-electron chi connectivity index (χ3n) is 2.87. The molecule has 0 aliphatic heterocycles. The summed E-state index contributed by atoms with van der Waals surface area (Å²) in [5, 5.41) is 2.66. The van der Waals surface area contributed by atoms with E-state index in [1.165, 1.54) is 23.9 Å². The van der Waals surface area contributed by atoms with Gasteiger partial charge in [-0.15, -0.1) is 0 Å². The molecule has 0 aliphatic carbocycles. The molecule has 1 amide bonds. The van der Waals surface area contributed by atoms with E-state index in [2.05, 4.69) is 5.32 Å². The normalized spacial score (nSPS) is 10.1. The lowest BCUT2D eigenvalue weighted by Gasteiger charge is -2.09. The van der Waals surface area contributed by atoms with Crippen molar-refractivity contribution in [1.82, 2.24) is 4.57 Å². The van der Waals surface area contributed by atoms with Crippen LogP contribution in [0.15, 0.2) is 41.3 Å². The van der Waals surface area contributed by atoms with E-state index in [9.17, 15) is 9.59 Å². The lowest BCUT2D eigenvalue weighted by atomic mass is 10.2. The zero-order valence-electron chi connectivity index (χ0n) is 11.2. The van der Waals surface area contributed by atoms with Crippen molar-refractivity contribution in [2.24, 2.45) is 7.05 Å². The molecule has 2 rings (SSSR count). The Bertz CT molecular complexity index is 707. The lowest BCUT2D eigenvalue weighted by molar-refractivity contribution is 0.102. The summed E-state index contributed by atoms with van der Waals surface area (Å²) < 4.78 is 6.42. The fourth-order valence-corrected chi connectivity index (χ4v) is 1.67. The van der Waals surface area contributed by atoms with Crippen LogP contribution in [0.2, 0.25) is 0 Å².